The summed E-state index contributed by atoms with van der Waals surface area (Å²) in [5, 5.41) is 0.711. The predicted molar refractivity (Wildman–Crippen MR) is 51.2 cm³/mol. The fourth-order valence-electron chi connectivity index (χ4n) is 1.01. The molecule has 80 valence electrons. The van der Waals surface area contributed by atoms with Crippen LogP contribution < -0.4 is 0 Å². The monoisotopic (exact) mass is 261 g/mol. The van der Waals surface area contributed by atoms with Crippen molar-refractivity contribution in [3.63, 3.8) is 0 Å². The lowest BCUT2D eigenvalue weighted by atomic mass is 10.3. The van der Waals surface area contributed by atoms with Gasteiger partial charge in [0.15, 0.2) is 0 Å². The zero-order valence-electron chi connectivity index (χ0n) is 7.86. The van der Waals surface area contributed by atoms with Crippen molar-refractivity contribution in [1.82, 2.24) is 4.90 Å². The molecule has 0 aromatic carbocycles. The van der Waals surface area contributed by atoms with Crippen molar-refractivity contribution in [2.75, 3.05) is 18.4 Å². The maximum Gasteiger partial charge on any atom is 0.390 e. The van der Waals surface area contributed by atoms with Crippen molar-refractivity contribution in [3.05, 3.63) is 0 Å². The van der Waals surface area contributed by atoms with Crippen LogP contribution in [-0.2, 0) is 0 Å². The van der Waals surface area contributed by atoms with Gasteiger partial charge in [0.1, 0.15) is 0 Å². The van der Waals surface area contributed by atoms with E-state index in [4.69, 9.17) is 0 Å². The molecule has 5 heteroatoms. The van der Waals surface area contributed by atoms with Gasteiger partial charge in [0, 0.05) is 24.5 Å². The Morgan fingerprint density at radius 2 is 1.77 bits per heavy atom. The van der Waals surface area contributed by atoms with Gasteiger partial charge in [-0.2, -0.15) is 13.2 Å². The number of hydrogen-bond acceptors (Lipinski definition) is 1. The van der Waals surface area contributed by atoms with Crippen molar-refractivity contribution in [1.29, 1.82) is 0 Å². The largest absolute Gasteiger partial charge is 0.390 e. The van der Waals surface area contributed by atoms with Crippen LogP contribution in [-0.4, -0.2) is 35.5 Å². The Morgan fingerprint density at radius 1 is 1.23 bits per heavy atom. The average molecular weight is 262 g/mol. The molecule has 1 nitrogen and oxygen atoms in total. The van der Waals surface area contributed by atoms with E-state index in [1.807, 2.05) is 18.7 Å². The molecule has 0 aromatic rings. The minimum absolute atomic E-state index is 0.0900. The molecule has 0 fully saturated rings. The second-order valence-corrected chi connectivity index (χ2v) is 3.98. The summed E-state index contributed by atoms with van der Waals surface area (Å²) >= 11 is 3.22. The first-order valence-electron chi connectivity index (χ1n) is 4.23. The van der Waals surface area contributed by atoms with E-state index in [2.05, 4.69) is 15.9 Å². The predicted octanol–water partition coefficient (Wildman–Crippen LogP) is 3.04. The molecule has 0 aromatic heterocycles. The Bertz CT molecular complexity index is 136. The Balaban J connectivity index is 3.82. The molecule has 0 saturated heterocycles. The molecule has 0 N–H and O–H groups in total. The minimum atomic E-state index is -4.04. The van der Waals surface area contributed by atoms with E-state index in [9.17, 15) is 13.2 Å². The van der Waals surface area contributed by atoms with E-state index >= 15 is 0 Å². The van der Waals surface area contributed by atoms with Gasteiger partial charge in [-0.05, 0) is 13.8 Å². The second-order valence-electron chi connectivity index (χ2n) is 3.18. The SMILES string of the molecule is CC(C)N(CCBr)CCC(F)(F)F. The van der Waals surface area contributed by atoms with Crippen molar-refractivity contribution < 1.29 is 13.2 Å². The Hall–Kier alpha value is 0.230. The number of nitrogens with zero attached hydrogens (tertiary/aromatic N) is 1. The lowest BCUT2D eigenvalue weighted by molar-refractivity contribution is -0.138. The summed E-state index contributed by atoms with van der Waals surface area (Å²) in [7, 11) is 0. The molecule has 0 aliphatic rings. The van der Waals surface area contributed by atoms with E-state index in [1.165, 1.54) is 0 Å². The van der Waals surface area contributed by atoms with E-state index in [0.29, 0.717) is 11.9 Å². The molecule has 0 bridgehead atoms. The van der Waals surface area contributed by atoms with Crippen LogP contribution in [0.1, 0.15) is 20.3 Å². The zero-order valence-corrected chi connectivity index (χ0v) is 9.45. The Morgan fingerprint density at radius 3 is 2.08 bits per heavy atom. The molecule has 0 aliphatic carbocycles. The summed E-state index contributed by atoms with van der Waals surface area (Å²) in [6.45, 7) is 4.55. The Kier molecular flexibility index (Phi) is 5.96. The van der Waals surface area contributed by atoms with Crippen LogP contribution in [0.3, 0.4) is 0 Å². The molecular weight excluding hydrogens is 247 g/mol. The van der Waals surface area contributed by atoms with Gasteiger partial charge < -0.3 is 0 Å². The number of rotatable bonds is 5. The fraction of sp³-hybridized carbons (Fsp3) is 1.00. The fourth-order valence-corrected chi connectivity index (χ4v) is 1.46. The lowest BCUT2D eigenvalue weighted by Gasteiger charge is -2.25. The molecule has 0 saturated carbocycles. The number of hydrogen-bond donors (Lipinski definition) is 0. The van der Waals surface area contributed by atoms with Crippen LogP contribution in [0.25, 0.3) is 0 Å². The summed E-state index contributed by atoms with van der Waals surface area (Å²) < 4.78 is 35.6. The van der Waals surface area contributed by atoms with Crippen LogP contribution in [0.4, 0.5) is 13.2 Å². The van der Waals surface area contributed by atoms with Gasteiger partial charge in [-0.1, -0.05) is 15.9 Å². The molecule has 0 atom stereocenters. The van der Waals surface area contributed by atoms with Gasteiger partial charge in [-0.15, -0.1) is 0 Å². The third-order valence-electron chi connectivity index (χ3n) is 1.78. The second kappa shape index (κ2) is 5.86. The van der Waals surface area contributed by atoms with Crippen LogP contribution in [0.5, 0.6) is 0 Å². The highest BCUT2D eigenvalue weighted by Gasteiger charge is 2.28. The Labute approximate surface area is 85.4 Å². The van der Waals surface area contributed by atoms with E-state index < -0.39 is 12.6 Å². The maximum atomic E-state index is 11.9. The zero-order chi connectivity index (χ0) is 10.5. The van der Waals surface area contributed by atoms with Crippen LogP contribution >= 0.6 is 15.9 Å². The van der Waals surface area contributed by atoms with Gasteiger partial charge in [0.2, 0.25) is 0 Å². The molecule has 0 rings (SSSR count). The van der Waals surface area contributed by atoms with Crippen LogP contribution in [0.15, 0.2) is 0 Å². The molecular formula is C8H15BrF3N. The summed E-state index contributed by atoms with van der Waals surface area (Å²) in [6, 6.07) is 0.167. The molecule has 0 aliphatic heterocycles. The van der Waals surface area contributed by atoms with Gasteiger partial charge in [0.05, 0.1) is 6.42 Å². The highest BCUT2D eigenvalue weighted by atomic mass is 79.9. The minimum Gasteiger partial charge on any atom is -0.300 e. The summed E-state index contributed by atoms with van der Waals surface area (Å²) in [4.78, 5) is 1.81. The van der Waals surface area contributed by atoms with Gasteiger partial charge >= 0.3 is 6.18 Å². The average Bonchev–Trinajstić information content (AvgIpc) is 1.95. The number of halogens is 4. The van der Waals surface area contributed by atoms with Gasteiger partial charge in [-0.25, -0.2) is 0 Å². The third kappa shape index (κ3) is 7.31. The quantitative estimate of drug-likeness (QED) is 0.688. The molecule has 13 heavy (non-hydrogen) atoms. The lowest BCUT2D eigenvalue weighted by Crippen LogP contribution is -2.35. The van der Waals surface area contributed by atoms with Gasteiger partial charge in [0.25, 0.3) is 0 Å². The topological polar surface area (TPSA) is 3.24 Å². The first-order valence-corrected chi connectivity index (χ1v) is 5.35. The smallest absolute Gasteiger partial charge is 0.300 e. The van der Waals surface area contributed by atoms with E-state index in [-0.39, 0.29) is 12.6 Å². The van der Waals surface area contributed by atoms with E-state index in [1.54, 1.807) is 0 Å². The van der Waals surface area contributed by atoms with Crippen LogP contribution in [0, 0.1) is 0 Å². The summed E-state index contributed by atoms with van der Waals surface area (Å²) in [5.41, 5.74) is 0. The normalized spacial score (nSPS) is 12.9. The summed E-state index contributed by atoms with van der Waals surface area (Å²) in [5.74, 6) is 0. The van der Waals surface area contributed by atoms with Crippen molar-refractivity contribution >= 4 is 15.9 Å². The summed E-state index contributed by atoms with van der Waals surface area (Å²) in [6.07, 6.45) is -4.77. The first-order chi connectivity index (χ1) is 5.87. The third-order valence-corrected chi connectivity index (χ3v) is 2.14. The standard InChI is InChI=1S/C8H15BrF3N/c1-7(2)13(6-4-9)5-3-8(10,11)12/h7H,3-6H2,1-2H3. The van der Waals surface area contributed by atoms with E-state index in [0.717, 1.165) is 0 Å². The highest BCUT2D eigenvalue weighted by molar-refractivity contribution is 9.09. The molecule has 0 radical (unpaired) electrons. The van der Waals surface area contributed by atoms with Crippen molar-refractivity contribution in [2.45, 2.75) is 32.5 Å². The van der Waals surface area contributed by atoms with Crippen molar-refractivity contribution in [3.8, 4) is 0 Å². The molecule has 0 amide bonds. The van der Waals surface area contributed by atoms with Gasteiger partial charge in [-0.3, -0.25) is 4.90 Å². The first kappa shape index (κ1) is 13.2. The molecule has 0 unspecified atom stereocenters. The molecule has 0 heterocycles. The van der Waals surface area contributed by atoms with Crippen LogP contribution in [0.2, 0.25) is 0 Å². The highest BCUT2D eigenvalue weighted by Crippen LogP contribution is 2.20. The molecule has 0 spiro atoms. The number of alkyl halides is 4. The van der Waals surface area contributed by atoms with Crippen molar-refractivity contribution in [2.24, 2.45) is 0 Å². The maximum absolute atomic E-state index is 11.9.